The van der Waals surface area contributed by atoms with Gasteiger partial charge in [-0.3, -0.25) is 0 Å². The molecule has 0 unspecified atom stereocenters. The summed E-state index contributed by atoms with van der Waals surface area (Å²) in [5.74, 6) is -6.45. The minimum Gasteiger partial charge on any atom is -1.00 e. The van der Waals surface area contributed by atoms with Gasteiger partial charge in [0.2, 0.25) is 23.6 Å². The van der Waals surface area contributed by atoms with E-state index in [1.165, 1.54) is 12.5 Å². The fourth-order valence-corrected chi connectivity index (χ4v) is 2.12. The first kappa shape index (κ1) is 17.1. The molecule has 120 valence electrons. The van der Waals surface area contributed by atoms with E-state index < -0.39 is 29.2 Å². The topological polar surface area (TPSA) is 21.7 Å². The molecule has 3 rings (SSSR count). The molecule has 3 aromatic rings. The molecule has 0 spiro atoms. The van der Waals surface area contributed by atoms with E-state index >= 15 is 0 Å². The lowest BCUT2D eigenvalue weighted by molar-refractivity contribution is -0.687. The average Bonchev–Trinajstić information content (AvgIpc) is 2.95. The molecule has 0 saturated carbocycles. The monoisotopic (exact) mass is 387 g/mol. The minimum absolute atomic E-state index is 0. The third kappa shape index (κ3) is 3.42. The van der Waals surface area contributed by atoms with Gasteiger partial charge in [-0.1, -0.05) is 30.3 Å². The summed E-state index contributed by atoms with van der Waals surface area (Å²) in [6, 6.07) is 9.36. The van der Waals surface area contributed by atoms with Crippen LogP contribution in [-0.4, -0.2) is 9.55 Å². The van der Waals surface area contributed by atoms with Crippen LogP contribution in [0.1, 0.15) is 5.56 Å². The SMILES string of the molecule is Fc1nc(F)c(F)c(-n2cc[n+](Cc3ccccc3)c2)c1F.[Br-]. The molecular formula is C15H10BrF4N3. The summed E-state index contributed by atoms with van der Waals surface area (Å²) in [5, 5.41) is 0. The molecule has 1 aromatic carbocycles. The molecule has 0 radical (unpaired) electrons. The van der Waals surface area contributed by atoms with Crippen molar-refractivity contribution in [3.05, 3.63) is 78.1 Å². The molecule has 0 aliphatic heterocycles. The van der Waals surface area contributed by atoms with Gasteiger partial charge in [0.05, 0.1) is 0 Å². The highest BCUT2D eigenvalue weighted by Gasteiger charge is 2.26. The summed E-state index contributed by atoms with van der Waals surface area (Å²) in [5.41, 5.74) is 0.134. The molecule has 23 heavy (non-hydrogen) atoms. The van der Waals surface area contributed by atoms with E-state index in [1.807, 2.05) is 30.3 Å². The van der Waals surface area contributed by atoms with E-state index in [1.54, 1.807) is 10.8 Å². The maximum atomic E-state index is 13.7. The van der Waals surface area contributed by atoms with Crippen molar-refractivity contribution in [1.29, 1.82) is 0 Å². The Morgan fingerprint density at radius 2 is 1.57 bits per heavy atom. The van der Waals surface area contributed by atoms with E-state index in [0.717, 1.165) is 10.1 Å². The third-order valence-corrected chi connectivity index (χ3v) is 3.13. The van der Waals surface area contributed by atoms with Crippen molar-refractivity contribution in [2.45, 2.75) is 6.54 Å². The molecule has 0 aliphatic rings. The maximum absolute atomic E-state index is 13.7. The summed E-state index contributed by atoms with van der Waals surface area (Å²) in [6.45, 7) is 0.452. The van der Waals surface area contributed by atoms with Gasteiger partial charge >= 0.3 is 0 Å². The molecule has 0 amide bonds. The lowest BCUT2D eigenvalue weighted by Crippen LogP contribution is -3.00. The number of pyridine rings is 1. The third-order valence-electron chi connectivity index (χ3n) is 3.13. The second-order valence-electron chi connectivity index (χ2n) is 4.65. The van der Waals surface area contributed by atoms with Crippen molar-refractivity contribution < 1.29 is 39.1 Å². The van der Waals surface area contributed by atoms with Gasteiger partial charge in [0.1, 0.15) is 18.9 Å². The fraction of sp³-hybridized carbons (Fsp3) is 0.0667. The van der Waals surface area contributed by atoms with E-state index in [-0.39, 0.29) is 17.0 Å². The lowest BCUT2D eigenvalue weighted by atomic mass is 10.2. The Balaban J connectivity index is 0.00000192. The average molecular weight is 388 g/mol. The van der Waals surface area contributed by atoms with Crippen LogP contribution in [0.3, 0.4) is 0 Å². The summed E-state index contributed by atoms with van der Waals surface area (Å²) in [4.78, 5) is 2.53. The number of hydrogen-bond donors (Lipinski definition) is 0. The zero-order valence-corrected chi connectivity index (χ0v) is 13.1. The molecule has 0 fully saturated rings. The van der Waals surface area contributed by atoms with Crippen LogP contribution >= 0.6 is 0 Å². The van der Waals surface area contributed by atoms with E-state index in [4.69, 9.17) is 0 Å². The lowest BCUT2D eigenvalue weighted by Gasteiger charge is -2.01. The molecule has 2 heterocycles. The molecule has 0 N–H and O–H groups in total. The highest BCUT2D eigenvalue weighted by molar-refractivity contribution is 5.33. The van der Waals surface area contributed by atoms with Crippen molar-refractivity contribution >= 4 is 0 Å². The zero-order chi connectivity index (χ0) is 15.7. The molecule has 0 saturated heterocycles. The highest BCUT2D eigenvalue weighted by Crippen LogP contribution is 2.20. The number of benzene rings is 1. The first-order valence-electron chi connectivity index (χ1n) is 6.37. The largest absolute Gasteiger partial charge is 1.00 e. The zero-order valence-electron chi connectivity index (χ0n) is 11.6. The Bertz CT molecular complexity index is 795. The Hall–Kier alpha value is -2.22. The number of imidazole rings is 1. The van der Waals surface area contributed by atoms with E-state index in [2.05, 4.69) is 4.98 Å². The first-order chi connectivity index (χ1) is 10.6. The van der Waals surface area contributed by atoms with Crippen molar-refractivity contribution in [3.8, 4) is 5.69 Å². The molecule has 0 atom stereocenters. The van der Waals surface area contributed by atoms with Crippen LogP contribution in [0.5, 0.6) is 0 Å². The van der Waals surface area contributed by atoms with Gasteiger partial charge in [-0.2, -0.15) is 27.1 Å². The van der Waals surface area contributed by atoms with Crippen LogP contribution in [0.25, 0.3) is 5.69 Å². The van der Waals surface area contributed by atoms with Crippen LogP contribution in [0.4, 0.5) is 17.6 Å². The predicted octanol–water partition coefficient (Wildman–Crippen LogP) is -0.232. The number of nitrogens with zero attached hydrogens (tertiary/aromatic N) is 3. The van der Waals surface area contributed by atoms with Gasteiger partial charge in [-0.15, -0.1) is 0 Å². The Kier molecular flexibility index (Phi) is 5.15. The van der Waals surface area contributed by atoms with Crippen molar-refractivity contribution in [3.63, 3.8) is 0 Å². The van der Waals surface area contributed by atoms with Crippen molar-refractivity contribution in [2.24, 2.45) is 0 Å². The molecular weight excluding hydrogens is 378 g/mol. The van der Waals surface area contributed by atoms with Crippen LogP contribution < -0.4 is 21.5 Å². The minimum atomic E-state index is -1.68. The Morgan fingerprint density at radius 1 is 0.957 bits per heavy atom. The first-order valence-corrected chi connectivity index (χ1v) is 6.37. The van der Waals surface area contributed by atoms with Crippen LogP contribution in [0.2, 0.25) is 0 Å². The number of rotatable bonds is 3. The molecule has 2 aromatic heterocycles. The van der Waals surface area contributed by atoms with Gasteiger partial charge in [-0.25, -0.2) is 4.57 Å². The number of hydrogen-bond acceptors (Lipinski definition) is 1. The quantitative estimate of drug-likeness (QED) is 0.345. The molecule has 3 nitrogen and oxygen atoms in total. The predicted molar refractivity (Wildman–Crippen MR) is 69.1 cm³/mol. The van der Waals surface area contributed by atoms with Gasteiger partial charge in [0.25, 0.3) is 11.9 Å². The summed E-state index contributed by atoms with van der Waals surface area (Å²) in [6.07, 6.45) is 4.19. The number of aromatic nitrogens is 3. The molecule has 0 bridgehead atoms. The maximum Gasteiger partial charge on any atom is 0.256 e. The summed E-state index contributed by atoms with van der Waals surface area (Å²) >= 11 is 0. The highest BCUT2D eigenvalue weighted by atomic mass is 79.9. The summed E-state index contributed by atoms with van der Waals surface area (Å²) < 4.78 is 56.3. The second kappa shape index (κ2) is 6.91. The normalized spacial score (nSPS) is 10.4. The standard InChI is InChI=1S/C15H10F4N3.BrH/c16-11-13(12(17)15(19)20-14(11)18)22-7-6-21(9-22)8-10-4-2-1-3-5-10;/h1-7,9H,8H2;1H/q+1;/p-1. The van der Waals surface area contributed by atoms with Gasteiger partial charge in [0, 0.05) is 0 Å². The van der Waals surface area contributed by atoms with Gasteiger partial charge in [0.15, 0.2) is 0 Å². The van der Waals surface area contributed by atoms with Crippen LogP contribution in [-0.2, 0) is 6.54 Å². The summed E-state index contributed by atoms with van der Waals surface area (Å²) in [7, 11) is 0. The van der Waals surface area contributed by atoms with Crippen LogP contribution in [0, 0.1) is 23.5 Å². The van der Waals surface area contributed by atoms with E-state index in [0.29, 0.717) is 6.54 Å². The Labute approximate surface area is 139 Å². The van der Waals surface area contributed by atoms with Crippen LogP contribution in [0.15, 0.2) is 49.1 Å². The van der Waals surface area contributed by atoms with Crippen molar-refractivity contribution in [1.82, 2.24) is 9.55 Å². The van der Waals surface area contributed by atoms with Crippen molar-refractivity contribution in [2.75, 3.05) is 0 Å². The molecule has 8 heteroatoms. The Morgan fingerprint density at radius 3 is 2.17 bits per heavy atom. The van der Waals surface area contributed by atoms with Gasteiger partial charge in [-0.05, 0) is 5.56 Å². The number of halogens is 5. The molecule has 0 aliphatic carbocycles. The second-order valence-corrected chi connectivity index (χ2v) is 4.65. The van der Waals surface area contributed by atoms with Gasteiger partial charge < -0.3 is 17.0 Å². The smallest absolute Gasteiger partial charge is 0.256 e. The fourth-order valence-electron chi connectivity index (χ4n) is 2.12. The van der Waals surface area contributed by atoms with E-state index in [9.17, 15) is 17.6 Å².